The third-order valence-electron chi connectivity index (χ3n) is 7.55. The lowest BCUT2D eigenvalue weighted by molar-refractivity contribution is -0.0126. The van der Waals surface area contributed by atoms with Crippen LogP contribution in [0.5, 0.6) is 0 Å². The van der Waals surface area contributed by atoms with E-state index >= 15 is 0 Å². The number of carbonyl (C=O) groups excluding carboxylic acids is 2. The Labute approximate surface area is 320 Å². The van der Waals surface area contributed by atoms with E-state index in [0.717, 1.165) is 16.7 Å². The molecule has 0 radical (unpaired) electrons. The number of hydrogen-bond acceptors (Lipinski definition) is 9. The van der Waals surface area contributed by atoms with Gasteiger partial charge in [0.2, 0.25) is 3.79 Å². The number of aromatic carboxylic acids is 2. The van der Waals surface area contributed by atoms with Crippen LogP contribution < -0.4 is 5.32 Å². The molecule has 1 aliphatic rings. The average Bonchev–Trinajstić information content (AvgIpc) is 3.68. The molecule has 280 valence electrons. The van der Waals surface area contributed by atoms with Crippen LogP contribution in [-0.4, -0.2) is 67.5 Å². The Kier molecular flexibility index (Phi) is 15.7. The van der Waals surface area contributed by atoms with Crippen molar-refractivity contribution in [1.82, 2.24) is 10.2 Å². The maximum atomic E-state index is 12.3. The van der Waals surface area contributed by atoms with E-state index in [2.05, 4.69) is 15.5 Å². The molecule has 0 saturated carbocycles. The minimum atomic E-state index is -1.78. The van der Waals surface area contributed by atoms with Gasteiger partial charge in [0.05, 0.1) is 28.5 Å². The molecule has 5 rings (SSSR count). The van der Waals surface area contributed by atoms with Gasteiger partial charge in [-0.2, -0.15) is 10.4 Å². The smallest absolute Gasteiger partial charge is 0.411 e. The lowest BCUT2D eigenvalue weighted by Gasteiger charge is -2.17. The molecular weight excluding hydrogens is 751 g/mol. The van der Waals surface area contributed by atoms with Gasteiger partial charge in [0.1, 0.15) is 31.1 Å². The second-order valence-corrected chi connectivity index (χ2v) is 14.5. The fraction of sp³-hybridized carbons (Fsp3) is 0.297. The van der Waals surface area contributed by atoms with Gasteiger partial charge >= 0.3 is 24.0 Å². The number of aromatic nitrogens is 2. The molecule has 1 saturated heterocycles. The van der Waals surface area contributed by atoms with Crippen LogP contribution in [0.3, 0.4) is 0 Å². The minimum absolute atomic E-state index is 0.0298. The summed E-state index contributed by atoms with van der Waals surface area (Å²) < 4.78 is 14.5. The van der Waals surface area contributed by atoms with E-state index in [4.69, 9.17) is 59.2 Å². The number of nitriles is 1. The number of benzene rings is 3. The summed E-state index contributed by atoms with van der Waals surface area (Å²) in [6.45, 7) is 7.28. The number of carboxylic acid groups (broad SMARTS) is 2. The predicted molar refractivity (Wildman–Crippen MR) is 198 cm³/mol. The Morgan fingerprint density at radius 2 is 1.34 bits per heavy atom. The van der Waals surface area contributed by atoms with Crippen molar-refractivity contribution in [3.63, 3.8) is 0 Å². The molecule has 1 amide bonds. The number of amides is 1. The van der Waals surface area contributed by atoms with Crippen LogP contribution in [0.25, 0.3) is 0 Å². The van der Waals surface area contributed by atoms with Gasteiger partial charge in [-0.1, -0.05) is 94.8 Å². The van der Waals surface area contributed by atoms with Gasteiger partial charge in [0, 0.05) is 0 Å². The Morgan fingerprint density at radius 1 is 0.868 bits per heavy atom. The van der Waals surface area contributed by atoms with Crippen LogP contribution in [0.4, 0.5) is 10.5 Å². The van der Waals surface area contributed by atoms with Crippen LogP contribution >= 0.6 is 34.8 Å². The normalized spacial score (nSPS) is 16.1. The molecule has 0 spiro atoms. The zero-order chi connectivity index (χ0) is 39.3. The van der Waals surface area contributed by atoms with E-state index in [0.29, 0.717) is 28.8 Å². The van der Waals surface area contributed by atoms with Crippen molar-refractivity contribution < 1.29 is 43.6 Å². The van der Waals surface area contributed by atoms with Crippen LogP contribution in [-0.2, 0) is 14.2 Å². The maximum absolute atomic E-state index is 12.3. The van der Waals surface area contributed by atoms with Gasteiger partial charge in [0.25, 0.3) is 0 Å². The molecule has 3 aromatic carbocycles. The van der Waals surface area contributed by atoms with E-state index in [9.17, 15) is 24.4 Å². The topological polar surface area (TPSA) is 201 Å². The highest BCUT2D eigenvalue weighted by atomic mass is 35.6. The molecule has 0 aliphatic carbocycles. The van der Waals surface area contributed by atoms with E-state index in [1.54, 1.807) is 60.7 Å². The number of carboxylic acids is 2. The van der Waals surface area contributed by atoms with Crippen LogP contribution in [0.2, 0.25) is 0 Å². The molecule has 3 atom stereocenters. The number of aryl methyl sites for hydroxylation is 3. The number of hydrogen-bond donors (Lipinski definition) is 4. The van der Waals surface area contributed by atoms with Gasteiger partial charge in [-0.05, 0) is 69.5 Å². The Morgan fingerprint density at radius 3 is 1.77 bits per heavy atom. The number of halogens is 3. The number of nitrogens with zero attached hydrogens (tertiary/aromatic N) is 2. The van der Waals surface area contributed by atoms with Crippen molar-refractivity contribution in [3.8, 4) is 6.07 Å². The molecule has 1 fully saturated rings. The summed E-state index contributed by atoms with van der Waals surface area (Å²) in [5.41, 5.74) is 4.76. The van der Waals surface area contributed by atoms with Gasteiger partial charge in [-0.3, -0.25) is 10.4 Å². The van der Waals surface area contributed by atoms with Crippen molar-refractivity contribution >= 4 is 64.5 Å². The first-order valence-corrected chi connectivity index (χ1v) is 17.1. The lowest BCUT2D eigenvalue weighted by Crippen LogP contribution is -2.22. The molecular formula is C37H37Cl3N4O9. The van der Waals surface area contributed by atoms with Crippen molar-refractivity contribution in [2.45, 2.75) is 50.1 Å². The first kappa shape index (κ1) is 42.3. The Balaban J connectivity index is 0.000000305. The van der Waals surface area contributed by atoms with Crippen molar-refractivity contribution in [2.75, 3.05) is 18.5 Å². The molecule has 53 heavy (non-hydrogen) atoms. The van der Waals surface area contributed by atoms with E-state index in [1.807, 2.05) is 45.9 Å². The summed E-state index contributed by atoms with van der Waals surface area (Å²) >= 11 is 16.8. The number of esters is 1. The summed E-state index contributed by atoms with van der Waals surface area (Å²) in [6, 6.07) is 22.5. The zero-order valence-electron chi connectivity index (χ0n) is 29.1. The number of anilines is 1. The number of aromatic amines is 1. The number of rotatable bonds is 8. The molecule has 13 nitrogen and oxygen atoms in total. The highest BCUT2D eigenvalue weighted by Crippen LogP contribution is 2.41. The fourth-order valence-corrected chi connectivity index (χ4v) is 4.95. The monoisotopic (exact) mass is 786 g/mol. The van der Waals surface area contributed by atoms with E-state index in [1.165, 1.54) is 0 Å². The summed E-state index contributed by atoms with van der Waals surface area (Å²) in [6.07, 6.45) is -1.25. The number of alkyl halides is 3. The second-order valence-electron chi connectivity index (χ2n) is 12.0. The zero-order valence-corrected chi connectivity index (χ0v) is 31.3. The SMILES string of the molecule is Cc1ccc(C(=O)O)cc1.Cc1ccc(C(=O)O)cc1.Cc1ccc(C(=O)OC[C@@H]2C[C@H](C)[C@H](c3[nH]nc(C#N)c3NC(=O)OCC(Cl)(Cl)Cl)O2)cc1. The third-order valence-corrected chi connectivity index (χ3v) is 7.88. The third kappa shape index (κ3) is 13.7. The molecule has 0 bridgehead atoms. The number of carbonyl (C=O) groups is 4. The lowest BCUT2D eigenvalue weighted by atomic mass is 9.98. The highest BCUT2D eigenvalue weighted by Gasteiger charge is 2.38. The van der Waals surface area contributed by atoms with Gasteiger partial charge in [-0.25, -0.2) is 19.2 Å². The summed E-state index contributed by atoms with van der Waals surface area (Å²) in [5.74, 6) is -2.22. The Bertz CT molecular complexity index is 1850. The first-order valence-electron chi connectivity index (χ1n) is 16.0. The van der Waals surface area contributed by atoms with Gasteiger partial charge in [0.15, 0.2) is 5.69 Å². The molecule has 16 heteroatoms. The van der Waals surface area contributed by atoms with Crippen LogP contribution in [0.1, 0.15) is 78.6 Å². The van der Waals surface area contributed by atoms with Crippen molar-refractivity contribution in [1.29, 1.82) is 5.26 Å². The number of ether oxygens (including phenoxy) is 3. The van der Waals surface area contributed by atoms with E-state index < -0.39 is 40.5 Å². The maximum Gasteiger partial charge on any atom is 0.411 e. The quantitative estimate of drug-likeness (QED) is 0.0990. The first-order chi connectivity index (χ1) is 25.0. The van der Waals surface area contributed by atoms with Crippen LogP contribution in [0, 0.1) is 38.0 Å². The van der Waals surface area contributed by atoms with Gasteiger partial charge < -0.3 is 24.4 Å². The van der Waals surface area contributed by atoms with Crippen molar-refractivity contribution in [2.24, 2.45) is 5.92 Å². The number of nitrogens with one attached hydrogen (secondary N) is 2. The summed E-state index contributed by atoms with van der Waals surface area (Å²) in [4.78, 5) is 45.0. The fourth-order valence-electron chi connectivity index (χ4n) is 4.78. The van der Waals surface area contributed by atoms with Gasteiger partial charge in [-0.15, -0.1) is 0 Å². The van der Waals surface area contributed by atoms with Crippen molar-refractivity contribution in [3.05, 3.63) is 118 Å². The molecule has 2 heterocycles. The summed E-state index contributed by atoms with van der Waals surface area (Å²) in [7, 11) is 0. The molecule has 0 unspecified atom stereocenters. The molecule has 1 aliphatic heterocycles. The highest BCUT2D eigenvalue weighted by molar-refractivity contribution is 6.67. The average molecular weight is 788 g/mol. The second kappa shape index (κ2) is 19.6. The summed E-state index contributed by atoms with van der Waals surface area (Å²) in [5, 5.41) is 35.4. The largest absolute Gasteiger partial charge is 0.478 e. The standard InChI is InChI=1S/C21H21Cl3N4O5.2C8H8O2/c1-11-3-5-13(6-4-11)19(29)31-9-14-7-12(2)18(33-14)17-16(15(8-25)27-28-17)26-20(30)32-10-21(22,23)24;2*1-6-2-4-7(5-3-6)8(9)10/h3-6,12,14,18H,7,9-10H2,1-2H3,(H,26,30)(H,27,28);2*2-5H,1H3,(H,9,10)/t12-,14-,18+;;/m0../s1. The molecule has 4 aromatic rings. The Hall–Kier alpha value is -5.13. The molecule has 4 N–H and O–H groups in total. The molecule has 1 aromatic heterocycles. The van der Waals surface area contributed by atoms with E-state index in [-0.39, 0.29) is 30.0 Å². The number of H-pyrrole nitrogens is 1. The van der Waals surface area contributed by atoms with Crippen LogP contribution in [0.15, 0.2) is 72.8 Å². The minimum Gasteiger partial charge on any atom is -0.478 e. The predicted octanol–water partition coefficient (Wildman–Crippen LogP) is 8.22.